The number of amides is 1. The first kappa shape index (κ1) is 13.9. The first-order valence-corrected chi connectivity index (χ1v) is 6.00. The van der Waals surface area contributed by atoms with E-state index in [0.717, 1.165) is 17.8 Å². The lowest BCUT2D eigenvalue weighted by Crippen LogP contribution is -2.26. The molecule has 6 heteroatoms. The summed E-state index contributed by atoms with van der Waals surface area (Å²) in [5.41, 5.74) is 5.27. The first-order chi connectivity index (χ1) is 9.58. The lowest BCUT2D eigenvalue weighted by atomic mass is 10.1. The van der Waals surface area contributed by atoms with Crippen molar-refractivity contribution in [3.05, 3.63) is 59.4 Å². The number of carbonyl (C=O) groups excluding carboxylic acids is 1. The molecule has 0 atom stereocenters. The van der Waals surface area contributed by atoms with Gasteiger partial charge in [-0.2, -0.15) is 0 Å². The predicted octanol–water partition coefficient (Wildman–Crippen LogP) is 1.91. The Morgan fingerprint density at radius 1 is 1.25 bits per heavy atom. The monoisotopic (exact) mass is 277 g/mol. The molecule has 0 spiro atoms. The summed E-state index contributed by atoms with van der Waals surface area (Å²) in [5, 5.41) is 2.57. The van der Waals surface area contributed by atoms with Crippen molar-refractivity contribution in [2.75, 3.05) is 12.3 Å². The van der Waals surface area contributed by atoms with Crippen LogP contribution in [-0.2, 0) is 6.42 Å². The number of hydrogen-bond donors (Lipinski definition) is 2. The number of nitrogen functional groups attached to an aromatic ring is 1. The normalized spacial score (nSPS) is 10.3. The minimum atomic E-state index is -0.945. The number of hydrogen-bond acceptors (Lipinski definition) is 3. The average molecular weight is 277 g/mol. The number of pyridine rings is 1. The molecule has 1 aromatic carbocycles. The highest BCUT2D eigenvalue weighted by Gasteiger charge is 2.12. The molecule has 20 heavy (non-hydrogen) atoms. The molecular formula is C14H13F2N3O. The van der Waals surface area contributed by atoms with Crippen molar-refractivity contribution >= 4 is 11.6 Å². The fourth-order valence-electron chi connectivity index (χ4n) is 1.67. The topological polar surface area (TPSA) is 68.0 Å². The quantitative estimate of drug-likeness (QED) is 0.839. The minimum absolute atomic E-state index is 0.102. The smallest absolute Gasteiger partial charge is 0.251 e. The fraction of sp³-hybridized carbons (Fsp3) is 0.143. The molecule has 3 N–H and O–H groups in total. The molecule has 0 unspecified atom stereocenters. The van der Waals surface area contributed by atoms with Crippen LogP contribution < -0.4 is 11.1 Å². The zero-order chi connectivity index (χ0) is 14.5. The summed E-state index contributed by atoms with van der Waals surface area (Å²) in [5.74, 6) is -2.45. The van der Waals surface area contributed by atoms with Crippen LogP contribution in [0.5, 0.6) is 0 Å². The molecule has 0 saturated heterocycles. The molecule has 1 heterocycles. The molecule has 0 bridgehead atoms. The van der Waals surface area contributed by atoms with Crippen LogP contribution in [0, 0.1) is 11.6 Å². The Morgan fingerprint density at radius 2 is 1.95 bits per heavy atom. The number of halogens is 2. The molecule has 0 aliphatic carbocycles. The molecule has 0 fully saturated rings. The van der Waals surface area contributed by atoms with E-state index < -0.39 is 23.2 Å². The van der Waals surface area contributed by atoms with Crippen LogP contribution in [0.25, 0.3) is 0 Å². The lowest BCUT2D eigenvalue weighted by Gasteiger charge is -2.06. The number of nitrogens with two attached hydrogens (primary N) is 1. The molecule has 0 saturated carbocycles. The van der Waals surface area contributed by atoms with Gasteiger partial charge in [-0.25, -0.2) is 8.78 Å². The molecule has 1 amide bonds. The predicted molar refractivity (Wildman–Crippen MR) is 71.0 cm³/mol. The van der Waals surface area contributed by atoms with Crippen LogP contribution in [0.4, 0.5) is 14.5 Å². The van der Waals surface area contributed by atoms with Gasteiger partial charge in [-0.05, 0) is 24.3 Å². The number of rotatable bonds is 4. The highest BCUT2D eigenvalue weighted by molar-refractivity contribution is 5.94. The van der Waals surface area contributed by atoms with E-state index in [1.807, 2.05) is 12.1 Å². The van der Waals surface area contributed by atoms with Crippen molar-refractivity contribution in [3.8, 4) is 0 Å². The van der Waals surface area contributed by atoms with Crippen molar-refractivity contribution in [1.29, 1.82) is 0 Å². The molecule has 0 aliphatic rings. The van der Waals surface area contributed by atoms with Crippen LogP contribution in [0.2, 0.25) is 0 Å². The summed E-state index contributed by atoms with van der Waals surface area (Å²) in [4.78, 5) is 15.8. The Hall–Kier alpha value is -2.50. The second-order valence-electron chi connectivity index (χ2n) is 4.18. The molecule has 104 valence electrons. The molecule has 0 aliphatic heterocycles. The second kappa shape index (κ2) is 6.10. The van der Waals surface area contributed by atoms with Crippen LogP contribution in [0.3, 0.4) is 0 Å². The van der Waals surface area contributed by atoms with E-state index in [0.29, 0.717) is 13.0 Å². The summed E-state index contributed by atoms with van der Waals surface area (Å²) >= 11 is 0. The van der Waals surface area contributed by atoms with Crippen molar-refractivity contribution < 1.29 is 13.6 Å². The van der Waals surface area contributed by atoms with Gasteiger partial charge < -0.3 is 11.1 Å². The van der Waals surface area contributed by atoms with Crippen molar-refractivity contribution in [1.82, 2.24) is 10.3 Å². The number of aromatic nitrogens is 1. The molecule has 2 rings (SSSR count). The van der Waals surface area contributed by atoms with Gasteiger partial charge in [0.2, 0.25) is 0 Å². The number of anilines is 1. The zero-order valence-electron chi connectivity index (χ0n) is 10.6. The molecule has 2 aromatic rings. The van der Waals surface area contributed by atoms with Gasteiger partial charge in [0.1, 0.15) is 17.3 Å². The Labute approximate surface area is 114 Å². The van der Waals surface area contributed by atoms with Gasteiger partial charge in [-0.3, -0.25) is 9.78 Å². The summed E-state index contributed by atoms with van der Waals surface area (Å²) in [6.07, 6.45) is 2.19. The van der Waals surface area contributed by atoms with Gasteiger partial charge in [0.15, 0.2) is 0 Å². The van der Waals surface area contributed by atoms with E-state index in [4.69, 9.17) is 5.73 Å². The number of benzene rings is 1. The highest BCUT2D eigenvalue weighted by atomic mass is 19.1. The minimum Gasteiger partial charge on any atom is -0.394 e. The molecule has 4 nitrogen and oxygen atoms in total. The Balaban J connectivity index is 1.95. The number of carbonyl (C=O) groups is 1. The van der Waals surface area contributed by atoms with E-state index in [2.05, 4.69) is 10.3 Å². The summed E-state index contributed by atoms with van der Waals surface area (Å²) in [7, 11) is 0. The third-order valence-electron chi connectivity index (χ3n) is 2.73. The maximum Gasteiger partial charge on any atom is 0.251 e. The largest absolute Gasteiger partial charge is 0.394 e. The standard InChI is InChI=1S/C14H13F2N3O/c15-11-7-9(8-12(16)13(11)17)14(20)19-6-4-10-3-1-2-5-18-10/h1-3,5,7-8H,4,6,17H2,(H,19,20). The highest BCUT2D eigenvalue weighted by Crippen LogP contribution is 2.17. The van der Waals surface area contributed by atoms with Crippen molar-refractivity contribution in [2.45, 2.75) is 6.42 Å². The van der Waals surface area contributed by atoms with Gasteiger partial charge >= 0.3 is 0 Å². The van der Waals surface area contributed by atoms with E-state index in [-0.39, 0.29) is 5.56 Å². The molecule has 1 aromatic heterocycles. The van der Waals surface area contributed by atoms with Crippen molar-refractivity contribution in [2.24, 2.45) is 0 Å². The molecule has 0 radical (unpaired) electrons. The van der Waals surface area contributed by atoms with Crippen LogP contribution in [0.15, 0.2) is 36.5 Å². The lowest BCUT2D eigenvalue weighted by molar-refractivity contribution is 0.0953. The van der Waals surface area contributed by atoms with Crippen LogP contribution in [0.1, 0.15) is 16.1 Å². The van der Waals surface area contributed by atoms with Crippen LogP contribution >= 0.6 is 0 Å². The van der Waals surface area contributed by atoms with Crippen molar-refractivity contribution in [3.63, 3.8) is 0 Å². The van der Waals surface area contributed by atoms with E-state index in [1.165, 1.54) is 0 Å². The number of nitrogens with zero attached hydrogens (tertiary/aromatic N) is 1. The SMILES string of the molecule is Nc1c(F)cc(C(=O)NCCc2ccccn2)cc1F. The number of nitrogens with one attached hydrogen (secondary N) is 1. The van der Waals surface area contributed by atoms with E-state index in [1.54, 1.807) is 12.3 Å². The third kappa shape index (κ3) is 3.28. The maximum atomic E-state index is 13.2. The summed E-state index contributed by atoms with van der Waals surface area (Å²) < 4.78 is 26.5. The summed E-state index contributed by atoms with van der Waals surface area (Å²) in [6.45, 7) is 0.323. The van der Waals surface area contributed by atoms with Gasteiger partial charge in [-0.1, -0.05) is 6.07 Å². The fourth-order valence-corrected chi connectivity index (χ4v) is 1.67. The van der Waals surface area contributed by atoms with Gasteiger partial charge in [0, 0.05) is 30.4 Å². The molecular weight excluding hydrogens is 264 g/mol. The Morgan fingerprint density at radius 3 is 2.55 bits per heavy atom. The van der Waals surface area contributed by atoms with Crippen LogP contribution in [-0.4, -0.2) is 17.4 Å². The Bertz CT molecular complexity index is 594. The van der Waals surface area contributed by atoms with E-state index >= 15 is 0 Å². The van der Waals surface area contributed by atoms with E-state index in [9.17, 15) is 13.6 Å². The zero-order valence-corrected chi connectivity index (χ0v) is 10.6. The van der Waals surface area contributed by atoms with Gasteiger partial charge in [-0.15, -0.1) is 0 Å². The first-order valence-electron chi connectivity index (χ1n) is 6.00. The summed E-state index contributed by atoms with van der Waals surface area (Å²) in [6, 6.07) is 7.29. The van der Waals surface area contributed by atoms with Gasteiger partial charge in [0.05, 0.1) is 0 Å². The third-order valence-corrected chi connectivity index (χ3v) is 2.73. The second-order valence-corrected chi connectivity index (χ2v) is 4.18. The van der Waals surface area contributed by atoms with Gasteiger partial charge in [0.25, 0.3) is 5.91 Å². The Kier molecular flexibility index (Phi) is 4.24. The average Bonchev–Trinajstić information content (AvgIpc) is 2.45. The maximum absolute atomic E-state index is 13.2.